The lowest BCUT2D eigenvalue weighted by Gasteiger charge is -2.36. The molecule has 2 aliphatic heterocycles. The summed E-state index contributed by atoms with van der Waals surface area (Å²) in [7, 11) is 0. The van der Waals surface area contributed by atoms with Gasteiger partial charge in [-0.2, -0.15) is 0 Å². The molecule has 0 aromatic heterocycles. The maximum atomic E-state index is 3.59. The summed E-state index contributed by atoms with van der Waals surface area (Å²) in [5, 5.41) is 3.59. The van der Waals surface area contributed by atoms with E-state index >= 15 is 0 Å². The summed E-state index contributed by atoms with van der Waals surface area (Å²) in [6.07, 6.45) is 4.18. The second kappa shape index (κ2) is 7.92. The quantitative estimate of drug-likeness (QED) is 0.916. The van der Waals surface area contributed by atoms with Crippen LogP contribution in [0.5, 0.6) is 0 Å². The van der Waals surface area contributed by atoms with Gasteiger partial charge in [-0.05, 0) is 37.4 Å². The van der Waals surface area contributed by atoms with Crippen molar-refractivity contribution in [3.05, 3.63) is 35.9 Å². The summed E-state index contributed by atoms with van der Waals surface area (Å²) < 4.78 is 0. The maximum Gasteiger partial charge on any atom is 0.0234 e. The normalized spacial score (nSPS) is 25.6. The van der Waals surface area contributed by atoms with Crippen LogP contribution in [0, 0.1) is 5.92 Å². The van der Waals surface area contributed by atoms with Gasteiger partial charge in [0.1, 0.15) is 0 Å². The number of hydrogen-bond acceptors (Lipinski definition) is 3. The third kappa shape index (κ3) is 4.80. The highest BCUT2D eigenvalue weighted by Crippen LogP contribution is 2.15. The van der Waals surface area contributed by atoms with Crippen LogP contribution in [0.15, 0.2) is 30.3 Å². The van der Waals surface area contributed by atoms with Crippen LogP contribution in [-0.2, 0) is 6.54 Å². The van der Waals surface area contributed by atoms with E-state index in [1.54, 1.807) is 0 Å². The molecule has 2 heterocycles. The number of benzene rings is 1. The summed E-state index contributed by atoms with van der Waals surface area (Å²) in [6.45, 7) is 9.77. The first-order valence-electron chi connectivity index (χ1n) is 8.59. The third-order valence-corrected chi connectivity index (χ3v) is 4.88. The molecule has 0 spiro atoms. The molecule has 1 aromatic carbocycles. The number of rotatable bonds is 4. The van der Waals surface area contributed by atoms with Gasteiger partial charge >= 0.3 is 0 Å². The van der Waals surface area contributed by atoms with Gasteiger partial charge in [-0.3, -0.25) is 4.90 Å². The van der Waals surface area contributed by atoms with Crippen molar-refractivity contribution in [3.63, 3.8) is 0 Å². The lowest BCUT2D eigenvalue weighted by molar-refractivity contribution is 0.112. The van der Waals surface area contributed by atoms with E-state index in [9.17, 15) is 0 Å². The Kier molecular flexibility index (Phi) is 5.67. The summed E-state index contributed by atoms with van der Waals surface area (Å²) in [5.74, 6) is 0.869. The Hall–Kier alpha value is -0.900. The lowest BCUT2D eigenvalue weighted by atomic mass is 10.0. The Morgan fingerprint density at radius 1 is 0.952 bits per heavy atom. The first kappa shape index (κ1) is 15.0. The van der Waals surface area contributed by atoms with Gasteiger partial charge in [0.25, 0.3) is 0 Å². The van der Waals surface area contributed by atoms with Crippen molar-refractivity contribution in [1.82, 2.24) is 15.1 Å². The smallest absolute Gasteiger partial charge is 0.0234 e. The van der Waals surface area contributed by atoms with Crippen molar-refractivity contribution >= 4 is 0 Å². The molecule has 1 N–H and O–H groups in total. The van der Waals surface area contributed by atoms with Gasteiger partial charge in [0.05, 0.1) is 0 Å². The van der Waals surface area contributed by atoms with Crippen molar-refractivity contribution in [3.8, 4) is 0 Å². The van der Waals surface area contributed by atoms with Crippen LogP contribution >= 0.6 is 0 Å². The topological polar surface area (TPSA) is 18.5 Å². The molecule has 0 radical (unpaired) electrons. The molecule has 0 amide bonds. The van der Waals surface area contributed by atoms with E-state index < -0.39 is 0 Å². The van der Waals surface area contributed by atoms with Crippen LogP contribution in [-0.4, -0.2) is 55.6 Å². The minimum Gasteiger partial charge on any atom is -0.316 e. The molecule has 2 saturated heterocycles. The minimum absolute atomic E-state index is 0.869. The van der Waals surface area contributed by atoms with Crippen LogP contribution in [0.3, 0.4) is 0 Å². The number of piperazine rings is 1. The Balaban J connectivity index is 1.40. The molecule has 0 saturated carbocycles. The van der Waals surface area contributed by atoms with Crippen LogP contribution < -0.4 is 5.32 Å². The fourth-order valence-electron chi connectivity index (χ4n) is 3.58. The molecular weight excluding hydrogens is 258 g/mol. The monoisotopic (exact) mass is 287 g/mol. The predicted octanol–water partition coefficient (Wildman–Crippen LogP) is 2.19. The van der Waals surface area contributed by atoms with E-state index in [0.29, 0.717) is 0 Å². The van der Waals surface area contributed by atoms with E-state index in [4.69, 9.17) is 0 Å². The zero-order valence-corrected chi connectivity index (χ0v) is 13.1. The first-order valence-corrected chi connectivity index (χ1v) is 8.59. The zero-order chi connectivity index (χ0) is 14.3. The molecule has 1 unspecified atom stereocenters. The van der Waals surface area contributed by atoms with Gasteiger partial charge in [-0.15, -0.1) is 0 Å². The Morgan fingerprint density at radius 3 is 2.52 bits per heavy atom. The Morgan fingerprint density at radius 2 is 1.71 bits per heavy atom. The average Bonchev–Trinajstić information content (AvgIpc) is 2.79. The summed E-state index contributed by atoms with van der Waals surface area (Å²) in [6, 6.07) is 10.9. The van der Waals surface area contributed by atoms with Gasteiger partial charge in [0.15, 0.2) is 0 Å². The van der Waals surface area contributed by atoms with Crippen LogP contribution in [0.25, 0.3) is 0 Å². The van der Waals surface area contributed by atoms with Gasteiger partial charge in [-0.25, -0.2) is 0 Å². The highest BCUT2D eigenvalue weighted by Gasteiger charge is 2.20. The van der Waals surface area contributed by atoms with Gasteiger partial charge < -0.3 is 10.2 Å². The van der Waals surface area contributed by atoms with Crippen molar-refractivity contribution in [2.24, 2.45) is 5.92 Å². The lowest BCUT2D eigenvalue weighted by Crippen LogP contribution is -2.48. The minimum atomic E-state index is 0.869. The molecule has 1 atom stereocenters. The average molecular weight is 287 g/mol. The summed E-state index contributed by atoms with van der Waals surface area (Å²) in [4.78, 5) is 5.27. The highest BCUT2D eigenvalue weighted by molar-refractivity contribution is 5.14. The van der Waals surface area contributed by atoms with Crippen molar-refractivity contribution in [2.75, 3.05) is 45.8 Å². The van der Waals surface area contributed by atoms with Crippen LogP contribution in [0.2, 0.25) is 0 Å². The van der Waals surface area contributed by atoms with E-state index in [0.717, 1.165) is 12.5 Å². The predicted molar refractivity (Wildman–Crippen MR) is 88.4 cm³/mol. The maximum absolute atomic E-state index is 3.59. The number of nitrogens with one attached hydrogen (secondary N) is 1. The molecule has 0 bridgehead atoms. The first-order chi connectivity index (χ1) is 10.4. The van der Waals surface area contributed by atoms with Gasteiger partial charge in [0.2, 0.25) is 0 Å². The van der Waals surface area contributed by atoms with E-state index in [1.165, 1.54) is 70.6 Å². The van der Waals surface area contributed by atoms with Crippen molar-refractivity contribution in [1.29, 1.82) is 0 Å². The summed E-state index contributed by atoms with van der Waals surface area (Å²) >= 11 is 0. The van der Waals surface area contributed by atoms with Crippen molar-refractivity contribution < 1.29 is 0 Å². The standard InChI is InChI=1S/C18H29N3/c1-2-6-17(7-3-1)15-20-10-12-21(13-11-20)16-18-8-4-5-9-19-14-18/h1-3,6-7,18-19H,4-5,8-16H2. The Labute approximate surface area is 129 Å². The molecule has 2 aliphatic rings. The summed E-state index contributed by atoms with van der Waals surface area (Å²) in [5.41, 5.74) is 1.44. The fraction of sp³-hybridized carbons (Fsp3) is 0.667. The SMILES string of the molecule is c1ccc(CN2CCN(CC3CCCCNC3)CC2)cc1. The van der Waals surface area contributed by atoms with Gasteiger partial charge in [0, 0.05) is 39.3 Å². The zero-order valence-electron chi connectivity index (χ0n) is 13.1. The fourth-order valence-corrected chi connectivity index (χ4v) is 3.58. The molecule has 2 fully saturated rings. The highest BCUT2D eigenvalue weighted by atomic mass is 15.3. The molecule has 1 aromatic rings. The largest absolute Gasteiger partial charge is 0.316 e. The second-order valence-electron chi connectivity index (χ2n) is 6.63. The van der Waals surface area contributed by atoms with E-state index in [1.807, 2.05) is 0 Å². The molecule has 3 nitrogen and oxygen atoms in total. The van der Waals surface area contributed by atoms with E-state index in [2.05, 4.69) is 45.4 Å². The number of nitrogens with zero attached hydrogens (tertiary/aromatic N) is 2. The molecule has 21 heavy (non-hydrogen) atoms. The second-order valence-corrected chi connectivity index (χ2v) is 6.63. The van der Waals surface area contributed by atoms with Gasteiger partial charge in [-0.1, -0.05) is 36.8 Å². The molecule has 3 rings (SSSR count). The van der Waals surface area contributed by atoms with Crippen molar-refractivity contribution in [2.45, 2.75) is 25.8 Å². The number of hydrogen-bond donors (Lipinski definition) is 1. The van der Waals surface area contributed by atoms with E-state index in [-0.39, 0.29) is 0 Å². The molecule has 3 heteroatoms. The molecule has 116 valence electrons. The Bertz CT molecular complexity index is 390. The molecule has 0 aliphatic carbocycles. The third-order valence-electron chi connectivity index (χ3n) is 4.88. The molecular formula is C18H29N3. The van der Waals surface area contributed by atoms with Crippen LogP contribution in [0.1, 0.15) is 24.8 Å². The van der Waals surface area contributed by atoms with Crippen LogP contribution in [0.4, 0.5) is 0 Å².